The van der Waals surface area contributed by atoms with Crippen molar-refractivity contribution in [3.05, 3.63) is 30.2 Å². The van der Waals surface area contributed by atoms with E-state index in [4.69, 9.17) is 0 Å². The third-order valence-corrected chi connectivity index (χ3v) is 1.90. The zero-order chi connectivity index (χ0) is 8.55. The first-order valence-electron chi connectivity index (χ1n) is 3.92. The molecule has 0 N–H and O–H groups in total. The largest absolute Gasteiger partial charge is 0.265 e. The minimum atomic E-state index is -0.210. The lowest BCUT2D eigenvalue weighted by molar-refractivity contribution is 0.629. The lowest BCUT2D eigenvalue weighted by Crippen LogP contribution is -1.94. The Bertz CT molecular complexity index is 406. The van der Waals surface area contributed by atoms with E-state index in [0.29, 0.717) is 0 Å². The summed E-state index contributed by atoms with van der Waals surface area (Å²) in [5.74, 6) is -0.210. The summed E-state index contributed by atoms with van der Waals surface area (Å²) in [4.78, 5) is 0. The van der Waals surface area contributed by atoms with Gasteiger partial charge in [-0.05, 0) is 25.1 Å². The molecule has 0 bridgehead atoms. The van der Waals surface area contributed by atoms with E-state index in [2.05, 4.69) is 5.10 Å². The van der Waals surface area contributed by atoms with E-state index in [0.717, 1.165) is 17.4 Å². The molecule has 2 nitrogen and oxygen atoms in total. The maximum absolute atomic E-state index is 12.7. The molecule has 1 aromatic carbocycles. The van der Waals surface area contributed by atoms with Crippen molar-refractivity contribution in [2.45, 2.75) is 13.5 Å². The predicted molar refractivity (Wildman–Crippen MR) is 45.4 cm³/mol. The van der Waals surface area contributed by atoms with Crippen molar-refractivity contribution < 1.29 is 4.39 Å². The van der Waals surface area contributed by atoms with Gasteiger partial charge in [0.1, 0.15) is 5.82 Å². The van der Waals surface area contributed by atoms with E-state index in [1.165, 1.54) is 12.1 Å². The van der Waals surface area contributed by atoms with Crippen molar-refractivity contribution >= 4 is 10.9 Å². The van der Waals surface area contributed by atoms with Crippen molar-refractivity contribution in [3.63, 3.8) is 0 Å². The number of rotatable bonds is 1. The van der Waals surface area contributed by atoms with Gasteiger partial charge in [0.25, 0.3) is 0 Å². The van der Waals surface area contributed by atoms with Gasteiger partial charge in [0.05, 0.1) is 11.7 Å². The molecule has 62 valence electrons. The molecular weight excluding hydrogens is 155 g/mol. The molecule has 12 heavy (non-hydrogen) atoms. The molecule has 2 aromatic rings. The van der Waals surface area contributed by atoms with Crippen LogP contribution in [-0.4, -0.2) is 9.78 Å². The summed E-state index contributed by atoms with van der Waals surface area (Å²) in [5.41, 5.74) is 0.985. The van der Waals surface area contributed by atoms with Crippen molar-refractivity contribution in [3.8, 4) is 0 Å². The molecule has 0 saturated heterocycles. The van der Waals surface area contributed by atoms with E-state index in [9.17, 15) is 4.39 Å². The Hall–Kier alpha value is -1.38. The van der Waals surface area contributed by atoms with Crippen LogP contribution in [-0.2, 0) is 6.54 Å². The number of benzene rings is 1. The van der Waals surface area contributed by atoms with Crippen LogP contribution in [0.1, 0.15) is 6.92 Å². The molecule has 3 heteroatoms. The van der Waals surface area contributed by atoms with E-state index >= 15 is 0 Å². The molecule has 0 amide bonds. The van der Waals surface area contributed by atoms with Crippen molar-refractivity contribution in [2.75, 3.05) is 0 Å². The summed E-state index contributed by atoms with van der Waals surface area (Å²) >= 11 is 0. The zero-order valence-corrected chi connectivity index (χ0v) is 6.79. The van der Waals surface area contributed by atoms with Gasteiger partial charge < -0.3 is 0 Å². The van der Waals surface area contributed by atoms with E-state index in [1.54, 1.807) is 12.3 Å². The molecule has 0 aliphatic rings. The van der Waals surface area contributed by atoms with Crippen LogP contribution < -0.4 is 0 Å². The van der Waals surface area contributed by atoms with Gasteiger partial charge in [-0.1, -0.05) is 0 Å². The predicted octanol–water partition coefficient (Wildman–Crippen LogP) is 2.20. The standard InChI is InChI=1S/C9H9FN2/c1-2-12-9-4-3-8(10)5-7(9)6-11-12/h3-6H,2H2,1H3. The summed E-state index contributed by atoms with van der Waals surface area (Å²) in [6, 6.07) is 4.70. The summed E-state index contributed by atoms with van der Waals surface area (Å²) in [7, 11) is 0. The Morgan fingerprint density at radius 1 is 1.50 bits per heavy atom. The van der Waals surface area contributed by atoms with Gasteiger partial charge in [-0.15, -0.1) is 0 Å². The van der Waals surface area contributed by atoms with Gasteiger partial charge in [-0.2, -0.15) is 5.10 Å². The molecule has 0 radical (unpaired) electrons. The molecular formula is C9H9FN2. The Kier molecular flexibility index (Phi) is 1.57. The van der Waals surface area contributed by atoms with Gasteiger partial charge in [-0.25, -0.2) is 4.39 Å². The summed E-state index contributed by atoms with van der Waals surface area (Å²) in [6.45, 7) is 2.82. The monoisotopic (exact) mass is 164 g/mol. The van der Waals surface area contributed by atoms with Gasteiger partial charge >= 0.3 is 0 Å². The number of aryl methyl sites for hydroxylation is 1. The quantitative estimate of drug-likeness (QED) is 0.631. The fourth-order valence-electron chi connectivity index (χ4n) is 1.31. The van der Waals surface area contributed by atoms with Crippen LogP contribution in [0.4, 0.5) is 4.39 Å². The lowest BCUT2D eigenvalue weighted by atomic mass is 10.2. The van der Waals surface area contributed by atoms with Gasteiger partial charge in [0.15, 0.2) is 0 Å². The minimum absolute atomic E-state index is 0.210. The summed E-state index contributed by atoms with van der Waals surface area (Å²) < 4.78 is 14.6. The molecule has 0 saturated carbocycles. The highest BCUT2D eigenvalue weighted by Crippen LogP contribution is 2.14. The number of aromatic nitrogens is 2. The summed E-state index contributed by atoms with van der Waals surface area (Å²) in [6.07, 6.45) is 1.68. The van der Waals surface area contributed by atoms with E-state index in [1.807, 2.05) is 11.6 Å². The first-order chi connectivity index (χ1) is 5.81. The zero-order valence-electron chi connectivity index (χ0n) is 6.79. The maximum Gasteiger partial charge on any atom is 0.124 e. The van der Waals surface area contributed by atoms with Crippen LogP contribution in [0.3, 0.4) is 0 Å². The molecule has 0 spiro atoms. The lowest BCUT2D eigenvalue weighted by Gasteiger charge is -1.96. The molecule has 0 fully saturated rings. The van der Waals surface area contributed by atoms with Crippen LogP contribution in [0.25, 0.3) is 10.9 Å². The van der Waals surface area contributed by atoms with Gasteiger partial charge in [0, 0.05) is 11.9 Å². The SMILES string of the molecule is CCn1ncc2cc(F)ccc21. The Labute approximate surface area is 69.6 Å². The fourth-order valence-corrected chi connectivity index (χ4v) is 1.31. The number of fused-ring (bicyclic) bond motifs is 1. The maximum atomic E-state index is 12.7. The van der Waals surface area contributed by atoms with Gasteiger partial charge in [-0.3, -0.25) is 4.68 Å². The number of hydrogen-bond acceptors (Lipinski definition) is 1. The van der Waals surface area contributed by atoms with Crippen LogP contribution >= 0.6 is 0 Å². The Morgan fingerprint density at radius 2 is 2.33 bits per heavy atom. The average molecular weight is 164 g/mol. The number of nitrogens with zero attached hydrogens (tertiary/aromatic N) is 2. The Balaban J connectivity index is 2.73. The van der Waals surface area contributed by atoms with Crippen molar-refractivity contribution in [2.24, 2.45) is 0 Å². The van der Waals surface area contributed by atoms with Gasteiger partial charge in [0.2, 0.25) is 0 Å². The average Bonchev–Trinajstić information content (AvgIpc) is 2.46. The van der Waals surface area contributed by atoms with Crippen LogP contribution in [0.5, 0.6) is 0 Å². The molecule has 0 atom stereocenters. The Morgan fingerprint density at radius 3 is 3.08 bits per heavy atom. The van der Waals surface area contributed by atoms with E-state index in [-0.39, 0.29) is 5.82 Å². The molecule has 0 unspecified atom stereocenters. The highest BCUT2D eigenvalue weighted by molar-refractivity contribution is 5.78. The third kappa shape index (κ3) is 0.978. The van der Waals surface area contributed by atoms with Crippen molar-refractivity contribution in [1.29, 1.82) is 0 Å². The van der Waals surface area contributed by atoms with Crippen LogP contribution in [0, 0.1) is 5.82 Å². The molecule has 1 heterocycles. The summed E-state index contributed by atoms with van der Waals surface area (Å²) in [5, 5.41) is 4.96. The minimum Gasteiger partial charge on any atom is -0.265 e. The number of halogens is 1. The third-order valence-electron chi connectivity index (χ3n) is 1.90. The second-order valence-corrected chi connectivity index (χ2v) is 2.66. The van der Waals surface area contributed by atoms with E-state index < -0.39 is 0 Å². The van der Waals surface area contributed by atoms with Crippen LogP contribution in [0.15, 0.2) is 24.4 Å². The smallest absolute Gasteiger partial charge is 0.124 e. The highest BCUT2D eigenvalue weighted by Gasteiger charge is 2.00. The molecule has 1 aromatic heterocycles. The second kappa shape index (κ2) is 2.59. The highest BCUT2D eigenvalue weighted by atomic mass is 19.1. The van der Waals surface area contributed by atoms with Crippen molar-refractivity contribution in [1.82, 2.24) is 9.78 Å². The van der Waals surface area contributed by atoms with Crippen LogP contribution in [0.2, 0.25) is 0 Å². The molecule has 2 rings (SSSR count). The first kappa shape index (κ1) is 7.28. The molecule has 0 aliphatic carbocycles. The fraction of sp³-hybridized carbons (Fsp3) is 0.222. The first-order valence-corrected chi connectivity index (χ1v) is 3.92. The second-order valence-electron chi connectivity index (χ2n) is 2.66. The topological polar surface area (TPSA) is 17.8 Å². The number of hydrogen-bond donors (Lipinski definition) is 0. The molecule has 0 aliphatic heterocycles. The normalized spacial score (nSPS) is 10.8.